The standard InChI is InChI=1S/C20H20FN3O3/c1-13(9-10-15-6-5-11-27-15)22-20(26)19-18(25)12-14(2)24(23-19)17-8-4-3-7-16(17)21/h3-8,11-13H,9-10H2,1-2H3,(H,22,26). The second-order valence-corrected chi connectivity index (χ2v) is 6.35. The van der Waals surface area contributed by atoms with Crippen LogP contribution in [0.5, 0.6) is 0 Å². The fraction of sp³-hybridized carbons (Fsp3) is 0.250. The van der Waals surface area contributed by atoms with Gasteiger partial charge in [-0.25, -0.2) is 9.07 Å². The molecule has 3 rings (SSSR count). The molecular formula is C20H20FN3O3. The average molecular weight is 369 g/mol. The van der Waals surface area contributed by atoms with E-state index in [1.54, 1.807) is 31.4 Å². The lowest BCUT2D eigenvalue weighted by atomic mass is 10.1. The molecule has 0 fully saturated rings. The number of carbonyl (C=O) groups excluding carboxylic acids is 1. The van der Waals surface area contributed by atoms with Crippen LogP contribution in [0, 0.1) is 12.7 Å². The molecule has 1 aromatic carbocycles. The van der Waals surface area contributed by atoms with Crippen LogP contribution >= 0.6 is 0 Å². The van der Waals surface area contributed by atoms with E-state index in [2.05, 4.69) is 10.4 Å². The van der Waals surface area contributed by atoms with Crippen LogP contribution in [0.3, 0.4) is 0 Å². The monoisotopic (exact) mass is 369 g/mol. The molecule has 0 aliphatic carbocycles. The molecule has 7 heteroatoms. The number of para-hydroxylation sites is 1. The van der Waals surface area contributed by atoms with E-state index in [9.17, 15) is 14.0 Å². The molecule has 1 atom stereocenters. The molecule has 0 saturated heterocycles. The maximum absolute atomic E-state index is 14.1. The first-order valence-electron chi connectivity index (χ1n) is 8.65. The molecule has 140 valence electrons. The minimum Gasteiger partial charge on any atom is -0.469 e. The highest BCUT2D eigenvalue weighted by atomic mass is 19.1. The lowest BCUT2D eigenvalue weighted by Crippen LogP contribution is -2.37. The van der Waals surface area contributed by atoms with Gasteiger partial charge in [0.15, 0.2) is 5.69 Å². The minimum atomic E-state index is -0.586. The number of nitrogens with zero attached hydrogens (tertiary/aromatic N) is 2. The summed E-state index contributed by atoms with van der Waals surface area (Å²) < 4.78 is 20.6. The summed E-state index contributed by atoms with van der Waals surface area (Å²) in [7, 11) is 0. The molecule has 0 aliphatic rings. The van der Waals surface area contributed by atoms with Crippen LogP contribution in [0.2, 0.25) is 0 Å². The number of halogens is 1. The first kappa shape index (κ1) is 18.6. The van der Waals surface area contributed by atoms with Crippen LogP contribution in [0.15, 0.2) is 57.9 Å². The van der Waals surface area contributed by atoms with E-state index in [1.165, 1.54) is 22.9 Å². The number of benzene rings is 1. The van der Waals surface area contributed by atoms with Crippen LogP contribution in [0.4, 0.5) is 4.39 Å². The first-order chi connectivity index (χ1) is 13.0. The molecule has 0 radical (unpaired) electrons. The molecule has 1 N–H and O–H groups in total. The largest absolute Gasteiger partial charge is 0.469 e. The van der Waals surface area contributed by atoms with E-state index in [4.69, 9.17) is 4.42 Å². The lowest BCUT2D eigenvalue weighted by Gasteiger charge is -2.15. The van der Waals surface area contributed by atoms with Gasteiger partial charge in [0.1, 0.15) is 17.3 Å². The number of furan rings is 1. The third kappa shape index (κ3) is 4.31. The Morgan fingerprint density at radius 1 is 1.30 bits per heavy atom. The summed E-state index contributed by atoms with van der Waals surface area (Å²) in [5.74, 6) is -0.251. The van der Waals surface area contributed by atoms with Gasteiger partial charge in [0.05, 0.1) is 6.26 Å². The summed E-state index contributed by atoms with van der Waals surface area (Å²) in [4.78, 5) is 24.7. The quantitative estimate of drug-likeness (QED) is 0.725. The number of aryl methyl sites for hydroxylation is 2. The summed E-state index contributed by atoms with van der Waals surface area (Å²) in [6.07, 6.45) is 2.90. The molecule has 2 aromatic heterocycles. The fourth-order valence-electron chi connectivity index (χ4n) is 2.75. The zero-order valence-corrected chi connectivity index (χ0v) is 15.1. The van der Waals surface area contributed by atoms with Gasteiger partial charge in [-0.2, -0.15) is 5.10 Å². The van der Waals surface area contributed by atoms with Gasteiger partial charge in [-0.1, -0.05) is 12.1 Å². The number of rotatable bonds is 6. The number of hydrogen-bond donors (Lipinski definition) is 1. The first-order valence-corrected chi connectivity index (χ1v) is 8.65. The Morgan fingerprint density at radius 2 is 2.07 bits per heavy atom. The number of carbonyl (C=O) groups is 1. The summed E-state index contributed by atoms with van der Waals surface area (Å²) in [6, 6.07) is 10.8. The number of hydrogen-bond acceptors (Lipinski definition) is 4. The maximum atomic E-state index is 14.1. The Hall–Kier alpha value is -3.22. The van der Waals surface area contributed by atoms with Crippen molar-refractivity contribution in [1.82, 2.24) is 15.1 Å². The summed E-state index contributed by atoms with van der Waals surface area (Å²) in [6.45, 7) is 3.47. The Morgan fingerprint density at radius 3 is 2.78 bits per heavy atom. The molecule has 3 aromatic rings. The van der Waals surface area contributed by atoms with Crippen molar-refractivity contribution in [3.63, 3.8) is 0 Å². The van der Waals surface area contributed by atoms with Crippen molar-refractivity contribution < 1.29 is 13.6 Å². The normalized spacial score (nSPS) is 12.0. The molecule has 0 aliphatic heterocycles. The molecule has 0 bridgehead atoms. The zero-order valence-electron chi connectivity index (χ0n) is 15.1. The summed E-state index contributed by atoms with van der Waals surface area (Å²) in [5.41, 5.74) is -0.160. The maximum Gasteiger partial charge on any atom is 0.276 e. The Kier molecular flexibility index (Phi) is 5.49. The molecule has 27 heavy (non-hydrogen) atoms. The zero-order chi connectivity index (χ0) is 19.4. The van der Waals surface area contributed by atoms with Gasteiger partial charge in [0, 0.05) is 24.2 Å². The van der Waals surface area contributed by atoms with Crippen molar-refractivity contribution in [2.75, 3.05) is 0 Å². The fourth-order valence-corrected chi connectivity index (χ4v) is 2.75. The molecule has 1 amide bonds. The molecular weight excluding hydrogens is 349 g/mol. The van der Waals surface area contributed by atoms with Gasteiger partial charge in [-0.05, 0) is 44.5 Å². The molecule has 0 saturated carbocycles. The Balaban J connectivity index is 1.79. The van der Waals surface area contributed by atoms with E-state index in [-0.39, 0.29) is 17.4 Å². The molecule has 0 spiro atoms. The van der Waals surface area contributed by atoms with Gasteiger partial charge in [-0.3, -0.25) is 9.59 Å². The SMILES string of the molecule is Cc1cc(=O)c(C(=O)NC(C)CCc2ccco2)nn1-c1ccccc1F. The van der Waals surface area contributed by atoms with E-state index in [0.717, 1.165) is 5.76 Å². The van der Waals surface area contributed by atoms with Crippen molar-refractivity contribution in [1.29, 1.82) is 0 Å². The van der Waals surface area contributed by atoms with E-state index in [0.29, 0.717) is 18.5 Å². The van der Waals surface area contributed by atoms with Crippen molar-refractivity contribution in [3.05, 3.63) is 81.9 Å². The van der Waals surface area contributed by atoms with Gasteiger partial charge in [-0.15, -0.1) is 0 Å². The summed E-state index contributed by atoms with van der Waals surface area (Å²) in [5, 5.41) is 6.86. The van der Waals surface area contributed by atoms with Crippen LogP contribution in [-0.2, 0) is 6.42 Å². The predicted molar refractivity (Wildman–Crippen MR) is 98.5 cm³/mol. The molecule has 1 unspecified atom stereocenters. The van der Waals surface area contributed by atoms with Crippen molar-refractivity contribution >= 4 is 5.91 Å². The van der Waals surface area contributed by atoms with Crippen molar-refractivity contribution in [2.24, 2.45) is 0 Å². The lowest BCUT2D eigenvalue weighted by molar-refractivity contribution is 0.0930. The van der Waals surface area contributed by atoms with Gasteiger partial charge < -0.3 is 9.73 Å². The highest BCUT2D eigenvalue weighted by molar-refractivity contribution is 5.92. The van der Waals surface area contributed by atoms with Crippen LogP contribution < -0.4 is 10.7 Å². The van der Waals surface area contributed by atoms with Crippen LogP contribution in [0.25, 0.3) is 5.69 Å². The minimum absolute atomic E-state index is 0.176. The number of nitrogens with one attached hydrogen (secondary N) is 1. The third-order valence-corrected chi connectivity index (χ3v) is 4.18. The van der Waals surface area contributed by atoms with E-state index in [1.807, 2.05) is 13.0 Å². The van der Waals surface area contributed by atoms with E-state index >= 15 is 0 Å². The molecule has 2 heterocycles. The molecule has 6 nitrogen and oxygen atoms in total. The Labute approximate surface area is 155 Å². The second kappa shape index (κ2) is 7.99. The van der Waals surface area contributed by atoms with Crippen molar-refractivity contribution in [3.8, 4) is 5.69 Å². The van der Waals surface area contributed by atoms with Crippen molar-refractivity contribution in [2.45, 2.75) is 32.7 Å². The van der Waals surface area contributed by atoms with Gasteiger partial charge in [0.25, 0.3) is 5.91 Å². The summed E-state index contributed by atoms with van der Waals surface area (Å²) >= 11 is 0. The smallest absolute Gasteiger partial charge is 0.276 e. The predicted octanol–water partition coefficient (Wildman–Crippen LogP) is 3.02. The van der Waals surface area contributed by atoms with Gasteiger partial charge in [0.2, 0.25) is 5.43 Å². The number of aromatic nitrogens is 2. The average Bonchev–Trinajstić information content (AvgIpc) is 3.14. The van der Waals surface area contributed by atoms with Gasteiger partial charge >= 0.3 is 0 Å². The van der Waals surface area contributed by atoms with E-state index < -0.39 is 17.2 Å². The van der Waals surface area contributed by atoms with Crippen LogP contribution in [0.1, 0.15) is 35.3 Å². The highest BCUT2D eigenvalue weighted by Gasteiger charge is 2.18. The second-order valence-electron chi connectivity index (χ2n) is 6.35. The third-order valence-electron chi connectivity index (χ3n) is 4.18. The highest BCUT2D eigenvalue weighted by Crippen LogP contribution is 2.13. The topological polar surface area (TPSA) is 77.1 Å². The number of amides is 1. The Bertz CT molecular complexity index is 996. The van der Waals surface area contributed by atoms with Crippen LogP contribution in [-0.4, -0.2) is 21.7 Å².